The maximum Gasteiger partial charge on any atom is 0.404 e. The predicted molar refractivity (Wildman–Crippen MR) is 122 cm³/mol. The Hall–Kier alpha value is -3.74. The zero-order chi connectivity index (χ0) is 24.2. The highest BCUT2D eigenvalue weighted by Gasteiger charge is 2.36. The highest BCUT2D eigenvalue weighted by molar-refractivity contribution is 5.98. The zero-order valence-corrected chi connectivity index (χ0v) is 18.6. The number of anilines is 4. The summed E-state index contributed by atoms with van der Waals surface area (Å²) in [5, 5.41) is 17.4. The number of carboxylic acid groups (broad SMARTS) is 1. The van der Waals surface area contributed by atoms with E-state index in [0.29, 0.717) is 37.9 Å². The van der Waals surface area contributed by atoms with Crippen LogP contribution in [-0.4, -0.2) is 70.4 Å². The maximum atomic E-state index is 14.8. The van der Waals surface area contributed by atoms with E-state index in [-0.39, 0.29) is 29.2 Å². The van der Waals surface area contributed by atoms with Gasteiger partial charge in [0.2, 0.25) is 5.95 Å². The van der Waals surface area contributed by atoms with E-state index in [0.717, 1.165) is 18.9 Å². The molecule has 1 aliphatic carbocycles. The van der Waals surface area contributed by atoms with E-state index in [9.17, 15) is 14.0 Å². The van der Waals surface area contributed by atoms with Crippen LogP contribution in [0.2, 0.25) is 0 Å². The quantitative estimate of drug-likeness (QED) is 0.359. The number of carbonyl (C=O) groups excluding carboxylic acids is 1. The summed E-state index contributed by atoms with van der Waals surface area (Å²) in [6, 6.07) is 0.142. The Morgan fingerprint density at radius 2 is 1.91 bits per heavy atom. The molecule has 2 amide bonds. The van der Waals surface area contributed by atoms with Crippen molar-refractivity contribution in [3.8, 4) is 0 Å². The molecule has 34 heavy (non-hydrogen) atoms. The molecule has 2 aromatic heterocycles. The standard InChI is InChI=1S/C21H27FN8O4/c1-11(26-21(32)33)16(12-2-3-12)28-19-15(22)8-14(17(23)31)18(29-19)27-13-9-24-20(25-10-13)30-4-6-34-7-5-30/h8-12,16,26H,2-7H2,1H3,(H2,23,31)(H,32,33)(H2,27,28,29)/t11-,16+/m0/s1. The molecule has 1 saturated carbocycles. The molecule has 0 radical (unpaired) electrons. The van der Waals surface area contributed by atoms with E-state index in [1.165, 1.54) is 12.4 Å². The molecule has 6 N–H and O–H groups in total. The van der Waals surface area contributed by atoms with E-state index in [1.54, 1.807) is 6.92 Å². The third-order valence-electron chi connectivity index (χ3n) is 5.76. The molecule has 0 bridgehead atoms. The fourth-order valence-electron chi connectivity index (χ4n) is 3.87. The molecule has 3 heterocycles. The molecular formula is C21H27FN8O4. The summed E-state index contributed by atoms with van der Waals surface area (Å²) in [6.07, 6.45) is 3.68. The maximum absolute atomic E-state index is 14.8. The van der Waals surface area contributed by atoms with Crippen molar-refractivity contribution < 1.29 is 23.8 Å². The number of aromatic nitrogens is 3. The molecule has 1 aliphatic heterocycles. The minimum atomic E-state index is -1.17. The van der Waals surface area contributed by atoms with Crippen LogP contribution in [0.5, 0.6) is 0 Å². The number of carbonyl (C=O) groups is 2. The van der Waals surface area contributed by atoms with Crippen LogP contribution in [-0.2, 0) is 4.74 Å². The van der Waals surface area contributed by atoms with Crippen LogP contribution in [0.15, 0.2) is 18.5 Å². The van der Waals surface area contributed by atoms with E-state index >= 15 is 0 Å². The molecule has 0 unspecified atom stereocenters. The van der Waals surface area contributed by atoms with Crippen molar-refractivity contribution in [2.75, 3.05) is 41.8 Å². The van der Waals surface area contributed by atoms with E-state index in [1.807, 2.05) is 4.90 Å². The molecule has 0 spiro atoms. The topological polar surface area (TPSA) is 168 Å². The lowest BCUT2D eigenvalue weighted by molar-refractivity contribution is 0.1000. The van der Waals surface area contributed by atoms with Gasteiger partial charge in [-0.1, -0.05) is 0 Å². The van der Waals surface area contributed by atoms with Gasteiger partial charge in [-0.25, -0.2) is 24.1 Å². The number of ether oxygens (including phenoxy) is 1. The molecular weight excluding hydrogens is 447 g/mol. The molecule has 4 rings (SSSR count). The Kier molecular flexibility index (Phi) is 6.91. The average molecular weight is 474 g/mol. The molecule has 0 aromatic carbocycles. The van der Waals surface area contributed by atoms with Crippen LogP contribution in [0.3, 0.4) is 0 Å². The summed E-state index contributed by atoms with van der Waals surface area (Å²) in [5.41, 5.74) is 5.74. The SMILES string of the molecule is C[C@H](NC(=O)O)[C@@H](Nc1nc(Nc2cnc(N3CCOCC3)nc2)c(C(N)=O)cc1F)C1CC1. The Morgan fingerprint density at radius 1 is 1.24 bits per heavy atom. The number of primary amides is 1. The van der Waals surface area contributed by atoms with Gasteiger partial charge in [0.25, 0.3) is 5.91 Å². The second kappa shape index (κ2) is 10.0. The highest BCUT2D eigenvalue weighted by Crippen LogP contribution is 2.36. The third kappa shape index (κ3) is 5.60. The Morgan fingerprint density at radius 3 is 2.50 bits per heavy atom. The predicted octanol–water partition coefficient (Wildman–Crippen LogP) is 1.54. The molecule has 13 heteroatoms. The molecule has 2 atom stereocenters. The molecule has 1 saturated heterocycles. The summed E-state index contributed by atoms with van der Waals surface area (Å²) in [6.45, 7) is 4.27. The van der Waals surface area contributed by atoms with Gasteiger partial charge in [0.1, 0.15) is 5.82 Å². The Bertz CT molecular complexity index is 1040. The van der Waals surface area contributed by atoms with E-state index < -0.39 is 23.9 Å². The largest absolute Gasteiger partial charge is 0.465 e. The molecule has 182 valence electrons. The number of nitrogens with zero attached hydrogens (tertiary/aromatic N) is 4. The Labute approximate surface area is 195 Å². The lowest BCUT2D eigenvalue weighted by atomic mass is 10.0. The fourth-order valence-corrected chi connectivity index (χ4v) is 3.87. The first kappa shape index (κ1) is 23.4. The van der Waals surface area contributed by atoms with Gasteiger partial charge in [0, 0.05) is 19.1 Å². The van der Waals surface area contributed by atoms with Gasteiger partial charge in [-0.05, 0) is 31.7 Å². The first-order chi connectivity index (χ1) is 16.3. The van der Waals surface area contributed by atoms with Gasteiger partial charge >= 0.3 is 6.09 Å². The van der Waals surface area contributed by atoms with E-state index in [4.69, 9.17) is 15.6 Å². The van der Waals surface area contributed by atoms with Gasteiger partial charge in [0.05, 0.1) is 42.9 Å². The second-order valence-electron chi connectivity index (χ2n) is 8.32. The lowest BCUT2D eigenvalue weighted by Gasteiger charge is -2.26. The van der Waals surface area contributed by atoms with Crippen molar-refractivity contribution in [3.05, 3.63) is 29.8 Å². The van der Waals surface area contributed by atoms with Gasteiger partial charge in [-0.2, -0.15) is 0 Å². The minimum Gasteiger partial charge on any atom is -0.465 e. The third-order valence-corrected chi connectivity index (χ3v) is 5.76. The van der Waals surface area contributed by atoms with Gasteiger partial charge in [-0.3, -0.25) is 4.79 Å². The summed E-state index contributed by atoms with van der Waals surface area (Å²) in [7, 11) is 0. The van der Waals surface area contributed by atoms with Gasteiger partial charge in [0.15, 0.2) is 11.6 Å². The van der Waals surface area contributed by atoms with Crippen LogP contribution in [0.25, 0.3) is 0 Å². The number of pyridine rings is 1. The molecule has 2 aliphatic rings. The molecule has 12 nitrogen and oxygen atoms in total. The number of hydrogen-bond acceptors (Lipinski definition) is 9. The van der Waals surface area contributed by atoms with Crippen LogP contribution in [0.4, 0.5) is 32.5 Å². The number of amides is 2. The van der Waals surface area contributed by atoms with Crippen molar-refractivity contribution in [2.24, 2.45) is 11.7 Å². The van der Waals surface area contributed by atoms with Gasteiger partial charge in [-0.15, -0.1) is 0 Å². The fraction of sp³-hybridized carbons (Fsp3) is 0.476. The number of morpholine rings is 1. The van der Waals surface area contributed by atoms with Crippen molar-refractivity contribution in [2.45, 2.75) is 31.8 Å². The van der Waals surface area contributed by atoms with Crippen molar-refractivity contribution in [1.82, 2.24) is 20.3 Å². The lowest BCUT2D eigenvalue weighted by Crippen LogP contribution is -2.45. The summed E-state index contributed by atoms with van der Waals surface area (Å²) in [4.78, 5) is 37.9. The first-order valence-corrected chi connectivity index (χ1v) is 11.0. The van der Waals surface area contributed by atoms with Crippen molar-refractivity contribution in [1.29, 1.82) is 0 Å². The second-order valence-corrected chi connectivity index (χ2v) is 8.32. The number of rotatable bonds is 9. The minimum absolute atomic E-state index is 0.0347. The van der Waals surface area contributed by atoms with Crippen molar-refractivity contribution >= 4 is 35.3 Å². The van der Waals surface area contributed by atoms with Crippen LogP contribution >= 0.6 is 0 Å². The zero-order valence-electron chi connectivity index (χ0n) is 18.6. The highest BCUT2D eigenvalue weighted by atomic mass is 19.1. The summed E-state index contributed by atoms with van der Waals surface area (Å²) in [5.74, 6) is -0.985. The normalized spacial score (nSPS) is 17.5. The van der Waals surface area contributed by atoms with Gasteiger partial charge < -0.3 is 36.4 Å². The number of nitrogens with two attached hydrogens (primary N) is 1. The summed E-state index contributed by atoms with van der Waals surface area (Å²) >= 11 is 0. The molecule has 2 aromatic rings. The first-order valence-electron chi connectivity index (χ1n) is 11.0. The van der Waals surface area contributed by atoms with Crippen LogP contribution < -0.4 is 26.6 Å². The molecule has 2 fully saturated rings. The number of hydrogen-bond donors (Lipinski definition) is 5. The monoisotopic (exact) mass is 474 g/mol. The summed E-state index contributed by atoms with van der Waals surface area (Å²) < 4.78 is 20.1. The van der Waals surface area contributed by atoms with E-state index in [2.05, 4.69) is 30.9 Å². The average Bonchev–Trinajstić information content (AvgIpc) is 3.64. The Balaban J connectivity index is 1.56. The smallest absolute Gasteiger partial charge is 0.404 e. The van der Waals surface area contributed by atoms with Crippen molar-refractivity contribution in [3.63, 3.8) is 0 Å². The number of halogens is 1. The number of nitrogens with one attached hydrogen (secondary N) is 3. The van der Waals surface area contributed by atoms with Crippen LogP contribution in [0.1, 0.15) is 30.1 Å². The van der Waals surface area contributed by atoms with Crippen LogP contribution in [0, 0.1) is 11.7 Å².